The molecule has 1 amide bonds. The van der Waals surface area contributed by atoms with Crippen LogP contribution in [0.1, 0.15) is 62.1 Å². The molecule has 0 aliphatic carbocycles. The predicted octanol–water partition coefficient (Wildman–Crippen LogP) is 3.31. The maximum absolute atomic E-state index is 12.4. The number of hydrogen-bond acceptors (Lipinski definition) is 5. The van der Waals surface area contributed by atoms with Crippen LogP contribution in [0.3, 0.4) is 0 Å². The van der Waals surface area contributed by atoms with Crippen molar-refractivity contribution in [3.63, 3.8) is 0 Å². The molecule has 6 heteroatoms. The summed E-state index contributed by atoms with van der Waals surface area (Å²) in [6.07, 6.45) is 6.04. The van der Waals surface area contributed by atoms with Gasteiger partial charge in [-0.2, -0.15) is 0 Å². The topological polar surface area (TPSA) is 72.1 Å². The molecule has 1 aliphatic rings. The molecule has 0 N–H and O–H groups in total. The molecule has 26 heavy (non-hydrogen) atoms. The summed E-state index contributed by atoms with van der Waals surface area (Å²) < 4.78 is 5.58. The first-order valence-corrected chi connectivity index (χ1v) is 9.53. The summed E-state index contributed by atoms with van der Waals surface area (Å²) in [4.78, 5) is 18.7. The quantitative estimate of drug-likeness (QED) is 0.794. The molecule has 2 aromatic rings. The molecule has 2 aromatic heterocycles. The lowest BCUT2D eigenvalue weighted by Crippen LogP contribution is -2.39. The Morgan fingerprint density at radius 1 is 1.31 bits per heavy atom. The summed E-state index contributed by atoms with van der Waals surface area (Å²) in [5, 5.41) is 8.04. The number of aryl methyl sites for hydroxylation is 2. The Hall–Kier alpha value is -2.24. The van der Waals surface area contributed by atoms with Crippen LogP contribution >= 0.6 is 0 Å². The molecular formula is C20H28N4O2. The van der Waals surface area contributed by atoms with Crippen molar-refractivity contribution in [3.8, 4) is 0 Å². The van der Waals surface area contributed by atoms with Crippen LogP contribution in [0.4, 0.5) is 0 Å². The maximum Gasteiger partial charge on any atom is 0.223 e. The highest BCUT2D eigenvalue weighted by molar-refractivity contribution is 5.76. The number of carbonyl (C=O) groups is 1. The van der Waals surface area contributed by atoms with Gasteiger partial charge in [0.15, 0.2) is 0 Å². The van der Waals surface area contributed by atoms with E-state index in [2.05, 4.69) is 27.3 Å². The highest BCUT2D eigenvalue weighted by Gasteiger charge is 2.23. The third kappa shape index (κ3) is 4.90. The van der Waals surface area contributed by atoms with Gasteiger partial charge in [-0.25, -0.2) is 0 Å². The van der Waals surface area contributed by atoms with Gasteiger partial charge in [0.2, 0.25) is 17.7 Å². The first kappa shape index (κ1) is 18.5. The fourth-order valence-electron chi connectivity index (χ4n) is 3.42. The monoisotopic (exact) mass is 356 g/mol. The third-order valence-corrected chi connectivity index (χ3v) is 4.98. The number of rotatable bonds is 6. The number of likely N-dealkylation sites (tertiary alicyclic amines) is 1. The van der Waals surface area contributed by atoms with Gasteiger partial charge in [-0.1, -0.05) is 13.8 Å². The van der Waals surface area contributed by atoms with Gasteiger partial charge in [-0.15, -0.1) is 10.2 Å². The number of hydrogen-bond donors (Lipinski definition) is 0. The highest BCUT2D eigenvalue weighted by Crippen LogP contribution is 2.22. The number of piperidine rings is 1. The van der Waals surface area contributed by atoms with E-state index in [9.17, 15) is 4.79 Å². The largest absolute Gasteiger partial charge is 0.425 e. The molecule has 0 atom stereocenters. The van der Waals surface area contributed by atoms with Crippen LogP contribution in [-0.4, -0.2) is 39.1 Å². The summed E-state index contributed by atoms with van der Waals surface area (Å²) in [5.74, 6) is 2.25. The van der Waals surface area contributed by atoms with Crippen molar-refractivity contribution in [3.05, 3.63) is 41.4 Å². The minimum Gasteiger partial charge on any atom is -0.425 e. The number of pyridine rings is 1. The normalized spacial score (nSPS) is 15.6. The molecule has 0 aromatic carbocycles. The average molecular weight is 356 g/mol. The minimum absolute atomic E-state index is 0.188. The average Bonchev–Trinajstić information content (AvgIpc) is 3.10. The van der Waals surface area contributed by atoms with Crippen molar-refractivity contribution in [1.82, 2.24) is 20.1 Å². The first-order chi connectivity index (χ1) is 12.5. The number of carbonyl (C=O) groups excluding carboxylic acids is 1. The summed E-state index contributed by atoms with van der Waals surface area (Å²) in [7, 11) is 0. The third-order valence-electron chi connectivity index (χ3n) is 4.98. The second-order valence-corrected chi connectivity index (χ2v) is 7.52. The summed E-state index contributed by atoms with van der Waals surface area (Å²) in [5.41, 5.74) is 2.41. The van der Waals surface area contributed by atoms with Gasteiger partial charge in [0, 0.05) is 43.7 Å². The van der Waals surface area contributed by atoms with Crippen molar-refractivity contribution in [2.45, 2.75) is 58.8 Å². The molecule has 0 unspecified atom stereocenters. The Kier molecular flexibility index (Phi) is 6.01. The van der Waals surface area contributed by atoms with Gasteiger partial charge >= 0.3 is 0 Å². The van der Waals surface area contributed by atoms with E-state index in [1.54, 1.807) is 0 Å². The van der Waals surface area contributed by atoms with Crippen LogP contribution in [0.25, 0.3) is 0 Å². The second kappa shape index (κ2) is 8.43. The molecule has 6 nitrogen and oxygen atoms in total. The Morgan fingerprint density at radius 2 is 2.08 bits per heavy atom. The van der Waals surface area contributed by atoms with Crippen molar-refractivity contribution in [1.29, 1.82) is 0 Å². The van der Waals surface area contributed by atoms with Crippen molar-refractivity contribution >= 4 is 5.91 Å². The highest BCUT2D eigenvalue weighted by atomic mass is 16.4. The van der Waals surface area contributed by atoms with Crippen LogP contribution < -0.4 is 0 Å². The molecule has 1 fully saturated rings. The summed E-state index contributed by atoms with van der Waals surface area (Å²) in [6, 6.07) is 4.26. The van der Waals surface area contributed by atoms with Crippen molar-refractivity contribution in [2.75, 3.05) is 13.1 Å². The SMILES string of the molecule is Cc1cc(CC2CCN(C(=O)CCc3nnc(C(C)C)o3)CC2)ccn1. The molecule has 140 valence electrons. The smallest absolute Gasteiger partial charge is 0.223 e. The molecule has 0 bridgehead atoms. The van der Waals surface area contributed by atoms with Gasteiger partial charge in [-0.05, 0) is 49.8 Å². The molecule has 0 radical (unpaired) electrons. The number of aromatic nitrogens is 3. The molecule has 3 rings (SSSR count). The molecule has 1 saturated heterocycles. The Labute approximate surface area is 155 Å². The molecule has 0 saturated carbocycles. The van der Waals surface area contributed by atoms with E-state index < -0.39 is 0 Å². The lowest BCUT2D eigenvalue weighted by Gasteiger charge is -2.32. The van der Waals surface area contributed by atoms with E-state index in [1.165, 1.54) is 5.56 Å². The van der Waals surface area contributed by atoms with Crippen LogP contribution in [0.5, 0.6) is 0 Å². The second-order valence-electron chi connectivity index (χ2n) is 7.52. The Morgan fingerprint density at radius 3 is 2.73 bits per heavy atom. The predicted molar refractivity (Wildman–Crippen MR) is 98.7 cm³/mol. The minimum atomic E-state index is 0.188. The number of nitrogens with zero attached hydrogens (tertiary/aromatic N) is 4. The zero-order chi connectivity index (χ0) is 18.5. The maximum atomic E-state index is 12.4. The van der Waals surface area contributed by atoms with E-state index in [1.807, 2.05) is 31.9 Å². The van der Waals surface area contributed by atoms with E-state index in [0.29, 0.717) is 30.5 Å². The Balaban J connectivity index is 1.43. The van der Waals surface area contributed by atoms with Crippen molar-refractivity contribution < 1.29 is 9.21 Å². The van der Waals surface area contributed by atoms with Crippen LogP contribution in [0.2, 0.25) is 0 Å². The first-order valence-electron chi connectivity index (χ1n) is 9.53. The van der Waals surface area contributed by atoms with Gasteiger partial charge in [0.25, 0.3) is 0 Å². The van der Waals surface area contributed by atoms with E-state index in [-0.39, 0.29) is 11.8 Å². The van der Waals surface area contributed by atoms with Crippen LogP contribution in [0, 0.1) is 12.8 Å². The van der Waals surface area contributed by atoms with E-state index in [4.69, 9.17) is 4.42 Å². The van der Waals surface area contributed by atoms with Gasteiger partial charge in [0.1, 0.15) is 0 Å². The summed E-state index contributed by atoms with van der Waals surface area (Å²) >= 11 is 0. The van der Waals surface area contributed by atoms with E-state index in [0.717, 1.165) is 38.0 Å². The van der Waals surface area contributed by atoms with Gasteiger partial charge in [0.05, 0.1) is 0 Å². The van der Waals surface area contributed by atoms with Crippen LogP contribution in [-0.2, 0) is 17.6 Å². The van der Waals surface area contributed by atoms with Gasteiger partial charge < -0.3 is 9.32 Å². The summed E-state index contributed by atoms with van der Waals surface area (Å²) in [6.45, 7) is 7.74. The van der Waals surface area contributed by atoms with E-state index >= 15 is 0 Å². The van der Waals surface area contributed by atoms with Crippen molar-refractivity contribution in [2.24, 2.45) is 5.92 Å². The lowest BCUT2D eigenvalue weighted by atomic mass is 9.90. The fraction of sp³-hybridized carbons (Fsp3) is 0.600. The lowest BCUT2D eigenvalue weighted by molar-refractivity contribution is -0.132. The van der Waals surface area contributed by atoms with Crippen LogP contribution in [0.15, 0.2) is 22.7 Å². The Bertz CT molecular complexity index is 733. The zero-order valence-electron chi connectivity index (χ0n) is 15.9. The zero-order valence-corrected chi connectivity index (χ0v) is 15.9. The van der Waals surface area contributed by atoms with Gasteiger partial charge in [-0.3, -0.25) is 9.78 Å². The fourth-order valence-corrected chi connectivity index (χ4v) is 3.42. The molecule has 0 spiro atoms. The molecular weight excluding hydrogens is 328 g/mol. The molecule has 3 heterocycles. The molecule has 1 aliphatic heterocycles. The standard InChI is InChI=1S/C20H28N4O2/c1-14(2)20-23-22-18(26-20)4-5-19(25)24-10-7-16(8-11-24)13-17-6-9-21-15(3)12-17/h6,9,12,14,16H,4-5,7-8,10-11,13H2,1-3H3. The number of amides is 1.